The quantitative estimate of drug-likeness (QED) is 0.518. The van der Waals surface area contributed by atoms with Gasteiger partial charge in [0.25, 0.3) is 0 Å². The smallest absolute Gasteiger partial charge is 0.0570 e. The van der Waals surface area contributed by atoms with E-state index in [1.165, 1.54) is 0 Å². The average Bonchev–Trinajstić information content (AvgIpc) is 1.84. The topological polar surface area (TPSA) is 104 Å². The molecule has 7 heteroatoms. The first-order valence-electron chi connectivity index (χ1n) is 2.81. The lowest BCUT2D eigenvalue weighted by atomic mass is 10.2. The molecular weight excluding hydrogens is 234 g/mol. The standard InChI is InChI=1S/C6H10N4.3ClH/c7-3-1-4(8)6(10)2-5(3)9;;;/h1-2H,7-10H2;3*1H. The molecule has 4 nitrogen and oxygen atoms in total. The van der Waals surface area contributed by atoms with Crippen molar-refractivity contribution in [2.45, 2.75) is 0 Å². The number of anilines is 4. The molecule has 1 aromatic carbocycles. The van der Waals surface area contributed by atoms with E-state index in [1.807, 2.05) is 0 Å². The lowest BCUT2D eigenvalue weighted by Gasteiger charge is -2.03. The number of rotatable bonds is 0. The van der Waals surface area contributed by atoms with Crippen molar-refractivity contribution in [1.29, 1.82) is 0 Å². The molecule has 0 heterocycles. The third-order valence-electron chi connectivity index (χ3n) is 1.29. The van der Waals surface area contributed by atoms with Crippen molar-refractivity contribution in [2.24, 2.45) is 0 Å². The Morgan fingerprint density at radius 3 is 0.846 bits per heavy atom. The molecular formula is C6H13Cl3N4. The summed E-state index contributed by atoms with van der Waals surface area (Å²) in [5, 5.41) is 0. The fraction of sp³-hybridized carbons (Fsp3) is 0. The van der Waals surface area contributed by atoms with E-state index in [4.69, 9.17) is 22.9 Å². The van der Waals surface area contributed by atoms with Crippen LogP contribution in [0.2, 0.25) is 0 Å². The minimum atomic E-state index is 0. The van der Waals surface area contributed by atoms with Crippen LogP contribution in [0, 0.1) is 0 Å². The zero-order chi connectivity index (χ0) is 7.72. The molecule has 0 radical (unpaired) electrons. The van der Waals surface area contributed by atoms with Crippen molar-refractivity contribution in [3.63, 3.8) is 0 Å². The fourth-order valence-corrected chi connectivity index (χ4v) is 0.668. The number of hydrogen-bond donors (Lipinski definition) is 4. The van der Waals surface area contributed by atoms with Crippen LogP contribution in [0.4, 0.5) is 22.7 Å². The second-order valence-corrected chi connectivity index (χ2v) is 2.11. The first-order chi connectivity index (χ1) is 4.61. The van der Waals surface area contributed by atoms with E-state index in [0.29, 0.717) is 22.7 Å². The van der Waals surface area contributed by atoms with E-state index in [9.17, 15) is 0 Å². The first-order valence-corrected chi connectivity index (χ1v) is 2.81. The Hall–Kier alpha value is -0.710. The van der Waals surface area contributed by atoms with Crippen LogP contribution >= 0.6 is 37.2 Å². The Morgan fingerprint density at radius 1 is 0.538 bits per heavy atom. The van der Waals surface area contributed by atoms with E-state index in [2.05, 4.69) is 0 Å². The molecule has 0 aliphatic carbocycles. The third kappa shape index (κ3) is 4.17. The van der Waals surface area contributed by atoms with Gasteiger partial charge in [-0.15, -0.1) is 37.2 Å². The first kappa shape index (κ1) is 18.2. The van der Waals surface area contributed by atoms with Crippen molar-refractivity contribution in [3.8, 4) is 0 Å². The van der Waals surface area contributed by atoms with Crippen molar-refractivity contribution in [3.05, 3.63) is 12.1 Å². The molecule has 8 N–H and O–H groups in total. The van der Waals surface area contributed by atoms with Gasteiger partial charge in [0, 0.05) is 0 Å². The summed E-state index contributed by atoms with van der Waals surface area (Å²) < 4.78 is 0. The highest BCUT2D eigenvalue weighted by Gasteiger charge is 1.97. The molecule has 0 atom stereocenters. The molecule has 0 aromatic heterocycles. The van der Waals surface area contributed by atoms with Crippen LogP contribution in [0.1, 0.15) is 0 Å². The van der Waals surface area contributed by atoms with Crippen LogP contribution < -0.4 is 22.9 Å². The van der Waals surface area contributed by atoms with Crippen LogP contribution in [0.15, 0.2) is 12.1 Å². The third-order valence-corrected chi connectivity index (χ3v) is 1.29. The predicted octanol–water partition coefficient (Wildman–Crippen LogP) is 1.28. The SMILES string of the molecule is Cl.Cl.Cl.Nc1cc(N)c(N)cc1N. The van der Waals surface area contributed by atoms with Crippen LogP contribution in [-0.2, 0) is 0 Å². The summed E-state index contributed by atoms with van der Waals surface area (Å²) >= 11 is 0. The van der Waals surface area contributed by atoms with Gasteiger partial charge in [0.15, 0.2) is 0 Å². The van der Waals surface area contributed by atoms with Gasteiger partial charge in [-0.05, 0) is 12.1 Å². The molecule has 0 spiro atoms. The number of halogens is 3. The predicted molar refractivity (Wildman–Crippen MR) is 65.8 cm³/mol. The maximum atomic E-state index is 5.43. The summed E-state index contributed by atoms with van der Waals surface area (Å²) in [6.07, 6.45) is 0. The Balaban J connectivity index is -0.000000333. The molecule has 1 rings (SSSR count). The Labute approximate surface area is 95.3 Å². The summed E-state index contributed by atoms with van der Waals surface area (Å²) in [6.45, 7) is 0. The summed E-state index contributed by atoms with van der Waals surface area (Å²) in [5.74, 6) is 0. The van der Waals surface area contributed by atoms with Crippen molar-refractivity contribution < 1.29 is 0 Å². The maximum absolute atomic E-state index is 5.43. The largest absolute Gasteiger partial charge is 0.397 e. The Kier molecular flexibility index (Phi) is 9.45. The Morgan fingerprint density at radius 2 is 0.692 bits per heavy atom. The van der Waals surface area contributed by atoms with Crippen molar-refractivity contribution in [2.75, 3.05) is 22.9 Å². The number of hydrogen-bond acceptors (Lipinski definition) is 4. The molecule has 0 saturated carbocycles. The molecule has 0 aliphatic rings. The lowest BCUT2D eigenvalue weighted by Crippen LogP contribution is -2.00. The molecule has 0 amide bonds. The van der Waals surface area contributed by atoms with Crippen LogP contribution in [0.25, 0.3) is 0 Å². The van der Waals surface area contributed by atoms with Gasteiger partial charge in [-0.1, -0.05) is 0 Å². The highest BCUT2D eigenvalue weighted by Crippen LogP contribution is 2.23. The molecule has 0 saturated heterocycles. The van der Waals surface area contributed by atoms with Gasteiger partial charge in [-0.2, -0.15) is 0 Å². The summed E-state index contributed by atoms with van der Waals surface area (Å²) in [7, 11) is 0. The molecule has 0 unspecified atom stereocenters. The summed E-state index contributed by atoms with van der Waals surface area (Å²) in [4.78, 5) is 0. The molecule has 0 aliphatic heterocycles. The van der Waals surface area contributed by atoms with Gasteiger partial charge < -0.3 is 22.9 Å². The fourth-order valence-electron chi connectivity index (χ4n) is 0.668. The van der Waals surface area contributed by atoms with E-state index in [1.54, 1.807) is 12.1 Å². The molecule has 0 bridgehead atoms. The second-order valence-electron chi connectivity index (χ2n) is 2.11. The van der Waals surface area contributed by atoms with Gasteiger partial charge in [-0.25, -0.2) is 0 Å². The highest BCUT2D eigenvalue weighted by molar-refractivity contribution is 5.86. The minimum Gasteiger partial charge on any atom is -0.397 e. The van der Waals surface area contributed by atoms with E-state index in [-0.39, 0.29) is 37.2 Å². The number of benzene rings is 1. The summed E-state index contributed by atoms with van der Waals surface area (Å²) in [5.41, 5.74) is 23.6. The number of nitrogen functional groups attached to an aromatic ring is 4. The second kappa shape index (κ2) is 6.77. The summed E-state index contributed by atoms with van der Waals surface area (Å²) in [6, 6.07) is 3.09. The van der Waals surface area contributed by atoms with Gasteiger partial charge in [0.05, 0.1) is 22.7 Å². The number of nitrogens with two attached hydrogens (primary N) is 4. The van der Waals surface area contributed by atoms with Gasteiger partial charge >= 0.3 is 0 Å². The van der Waals surface area contributed by atoms with Crippen LogP contribution in [-0.4, -0.2) is 0 Å². The van der Waals surface area contributed by atoms with E-state index in [0.717, 1.165) is 0 Å². The van der Waals surface area contributed by atoms with Crippen molar-refractivity contribution >= 4 is 60.0 Å². The van der Waals surface area contributed by atoms with E-state index < -0.39 is 0 Å². The maximum Gasteiger partial charge on any atom is 0.0570 e. The molecule has 78 valence electrons. The van der Waals surface area contributed by atoms with Crippen LogP contribution in [0.5, 0.6) is 0 Å². The lowest BCUT2D eigenvalue weighted by molar-refractivity contribution is 1.64. The minimum absolute atomic E-state index is 0. The molecule has 1 aromatic rings. The van der Waals surface area contributed by atoms with E-state index >= 15 is 0 Å². The zero-order valence-corrected chi connectivity index (χ0v) is 9.14. The van der Waals surface area contributed by atoms with Gasteiger partial charge in [-0.3, -0.25) is 0 Å². The van der Waals surface area contributed by atoms with Crippen LogP contribution in [0.3, 0.4) is 0 Å². The normalized spacial score (nSPS) is 7.38. The zero-order valence-electron chi connectivity index (χ0n) is 6.69. The van der Waals surface area contributed by atoms with Gasteiger partial charge in [0.1, 0.15) is 0 Å². The molecule has 0 fully saturated rings. The average molecular weight is 248 g/mol. The van der Waals surface area contributed by atoms with Crippen molar-refractivity contribution in [1.82, 2.24) is 0 Å². The monoisotopic (exact) mass is 246 g/mol. The molecule has 13 heavy (non-hydrogen) atoms. The van der Waals surface area contributed by atoms with Gasteiger partial charge in [0.2, 0.25) is 0 Å². The highest BCUT2D eigenvalue weighted by atomic mass is 35.5. The Bertz CT molecular complexity index is 216.